The number of alkyl halides is 3. The molecule has 5 heteroatoms. The third-order valence-electron chi connectivity index (χ3n) is 3.35. The maximum Gasteiger partial charge on any atom is 0.416 e. The van der Waals surface area contributed by atoms with E-state index in [0.717, 1.165) is 30.7 Å². The molecule has 0 atom stereocenters. The summed E-state index contributed by atoms with van der Waals surface area (Å²) in [6.07, 6.45) is 0.521. The van der Waals surface area contributed by atoms with Crippen molar-refractivity contribution in [3.8, 4) is 5.75 Å². The SMILES string of the molecule is CCc1cccc2ccncc12.Oc1ccc(C(F)(F)F)cc1. The Morgan fingerprint density at radius 1 is 1.00 bits per heavy atom. The minimum absolute atomic E-state index is 0.169. The standard InChI is InChI=1S/C11H11N.C7H5F3O/c1-2-9-4-3-5-10-6-7-12-8-11(9)10;8-7(9,10)5-1-3-6(11)4-2-5/h3-8H,2H2,1H3;1-4,11H. The summed E-state index contributed by atoms with van der Waals surface area (Å²) in [5.74, 6) is -0.169. The van der Waals surface area contributed by atoms with Crippen molar-refractivity contribution in [3.05, 3.63) is 72.1 Å². The summed E-state index contributed by atoms with van der Waals surface area (Å²) in [7, 11) is 0. The zero-order chi connectivity index (χ0) is 16.9. The number of benzene rings is 2. The molecule has 3 aromatic rings. The second kappa shape index (κ2) is 7.13. The molecule has 3 rings (SSSR count). The summed E-state index contributed by atoms with van der Waals surface area (Å²) in [6, 6.07) is 12.1. The van der Waals surface area contributed by atoms with Crippen molar-refractivity contribution in [3.63, 3.8) is 0 Å². The highest BCUT2D eigenvalue weighted by atomic mass is 19.4. The van der Waals surface area contributed by atoms with Crippen LogP contribution in [-0.2, 0) is 12.6 Å². The van der Waals surface area contributed by atoms with Crippen molar-refractivity contribution in [2.24, 2.45) is 0 Å². The monoisotopic (exact) mass is 319 g/mol. The van der Waals surface area contributed by atoms with Gasteiger partial charge < -0.3 is 5.11 Å². The van der Waals surface area contributed by atoms with Crippen molar-refractivity contribution < 1.29 is 18.3 Å². The number of halogens is 3. The Kier molecular flexibility index (Phi) is 5.21. The molecular formula is C18H16F3NO. The van der Waals surface area contributed by atoms with Gasteiger partial charge in [0.15, 0.2) is 0 Å². The fourth-order valence-corrected chi connectivity index (χ4v) is 2.14. The minimum Gasteiger partial charge on any atom is -0.508 e. The lowest BCUT2D eigenvalue weighted by atomic mass is 10.1. The van der Waals surface area contributed by atoms with E-state index in [1.165, 1.54) is 16.3 Å². The van der Waals surface area contributed by atoms with Crippen LogP contribution in [0.2, 0.25) is 0 Å². The third-order valence-corrected chi connectivity index (χ3v) is 3.35. The second-order valence-corrected chi connectivity index (χ2v) is 4.91. The quantitative estimate of drug-likeness (QED) is 0.668. The molecule has 0 amide bonds. The summed E-state index contributed by atoms with van der Waals surface area (Å²) < 4.78 is 35.5. The molecule has 2 nitrogen and oxygen atoms in total. The first kappa shape index (κ1) is 16.8. The van der Waals surface area contributed by atoms with E-state index in [-0.39, 0.29) is 5.75 Å². The Balaban J connectivity index is 0.000000168. The lowest BCUT2D eigenvalue weighted by Crippen LogP contribution is -2.03. The van der Waals surface area contributed by atoms with Gasteiger partial charge in [-0.1, -0.05) is 25.1 Å². The summed E-state index contributed by atoms with van der Waals surface area (Å²) in [5, 5.41) is 11.2. The normalized spacial score (nSPS) is 11.0. The molecule has 0 saturated heterocycles. The molecule has 0 saturated carbocycles. The fourth-order valence-electron chi connectivity index (χ4n) is 2.14. The Morgan fingerprint density at radius 2 is 1.70 bits per heavy atom. The number of pyridine rings is 1. The van der Waals surface area contributed by atoms with Gasteiger partial charge in [-0.05, 0) is 47.7 Å². The van der Waals surface area contributed by atoms with Gasteiger partial charge in [0.1, 0.15) is 5.75 Å². The highest BCUT2D eigenvalue weighted by Crippen LogP contribution is 2.29. The van der Waals surface area contributed by atoms with Gasteiger partial charge >= 0.3 is 6.18 Å². The number of hydrogen-bond donors (Lipinski definition) is 1. The number of aryl methyl sites for hydroxylation is 1. The first-order valence-corrected chi connectivity index (χ1v) is 7.09. The minimum atomic E-state index is -4.33. The van der Waals surface area contributed by atoms with Crippen LogP contribution >= 0.6 is 0 Å². The Labute approximate surface area is 132 Å². The predicted octanol–water partition coefficient (Wildman–Crippen LogP) is 5.21. The molecule has 1 N–H and O–H groups in total. The molecule has 0 aliphatic rings. The molecule has 0 aliphatic carbocycles. The van der Waals surface area contributed by atoms with E-state index in [9.17, 15) is 13.2 Å². The summed E-state index contributed by atoms with van der Waals surface area (Å²) >= 11 is 0. The van der Waals surface area contributed by atoms with Crippen LogP contribution in [0, 0.1) is 0 Å². The molecule has 0 unspecified atom stereocenters. The number of hydrogen-bond acceptors (Lipinski definition) is 2. The zero-order valence-electron chi connectivity index (χ0n) is 12.5. The van der Waals surface area contributed by atoms with Gasteiger partial charge in [0.2, 0.25) is 0 Å². The smallest absolute Gasteiger partial charge is 0.416 e. The van der Waals surface area contributed by atoms with Crippen molar-refractivity contribution in [1.82, 2.24) is 4.98 Å². The predicted molar refractivity (Wildman–Crippen MR) is 84.2 cm³/mol. The van der Waals surface area contributed by atoms with Crippen molar-refractivity contribution in [2.45, 2.75) is 19.5 Å². The molecule has 0 bridgehead atoms. The van der Waals surface area contributed by atoms with E-state index in [0.29, 0.717) is 0 Å². The first-order valence-electron chi connectivity index (χ1n) is 7.09. The van der Waals surface area contributed by atoms with Crippen LogP contribution in [0.3, 0.4) is 0 Å². The Hall–Kier alpha value is -2.56. The largest absolute Gasteiger partial charge is 0.508 e. The highest BCUT2D eigenvalue weighted by Gasteiger charge is 2.29. The van der Waals surface area contributed by atoms with Crippen LogP contribution in [-0.4, -0.2) is 10.1 Å². The highest BCUT2D eigenvalue weighted by molar-refractivity contribution is 5.84. The zero-order valence-corrected chi connectivity index (χ0v) is 12.5. The molecule has 120 valence electrons. The van der Waals surface area contributed by atoms with Gasteiger partial charge in [0.25, 0.3) is 0 Å². The Morgan fingerprint density at radius 3 is 2.30 bits per heavy atom. The van der Waals surface area contributed by atoms with E-state index >= 15 is 0 Å². The van der Waals surface area contributed by atoms with Gasteiger partial charge in [-0.2, -0.15) is 13.2 Å². The maximum absolute atomic E-state index is 11.8. The molecule has 1 aromatic heterocycles. The summed E-state index contributed by atoms with van der Waals surface area (Å²) in [6.45, 7) is 2.17. The van der Waals surface area contributed by atoms with E-state index < -0.39 is 11.7 Å². The van der Waals surface area contributed by atoms with Gasteiger partial charge in [-0.3, -0.25) is 4.98 Å². The molecule has 0 fully saturated rings. The van der Waals surface area contributed by atoms with Crippen LogP contribution in [0.4, 0.5) is 13.2 Å². The van der Waals surface area contributed by atoms with Crippen LogP contribution < -0.4 is 0 Å². The fraction of sp³-hybridized carbons (Fsp3) is 0.167. The lowest BCUT2D eigenvalue weighted by molar-refractivity contribution is -0.137. The molecule has 0 radical (unpaired) electrons. The van der Waals surface area contributed by atoms with Crippen molar-refractivity contribution >= 4 is 10.8 Å². The van der Waals surface area contributed by atoms with Crippen LogP contribution in [0.5, 0.6) is 5.75 Å². The number of phenols is 1. The number of nitrogens with zero attached hydrogens (tertiary/aromatic N) is 1. The van der Waals surface area contributed by atoms with E-state index in [2.05, 4.69) is 36.2 Å². The number of rotatable bonds is 1. The van der Waals surface area contributed by atoms with Gasteiger partial charge in [0.05, 0.1) is 5.56 Å². The van der Waals surface area contributed by atoms with Crippen LogP contribution in [0.1, 0.15) is 18.1 Å². The number of aromatic hydroxyl groups is 1. The van der Waals surface area contributed by atoms with E-state index in [4.69, 9.17) is 5.11 Å². The number of aromatic nitrogens is 1. The van der Waals surface area contributed by atoms with E-state index in [1.807, 2.05) is 12.4 Å². The maximum atomic E-state index is 11.8. The first-order chi connectivity index (χ1) is 10.9. The second-order valence-electron chi connectivity index (χ2n) is 4.91. The van der Waals surface area contributed by atoms with Gasteiger partial charge in [-0.15, -0.1) is 0 Å². The molecule has 2 aromatic carbocycles. The topological polar surface area (TPSA) is 33.1 Å². The Bertz CT molecular complexity index is 762. The van der Waals surface area contributed by atoms with Crippen molar-refractivity contribution in [1.29, 1.82) is 0 Å². The molecule has 0 aliphatic heterocycles. The summed E-state index contributed by atoms with van der Waals surface area (Å²) in [5.41, 5.74) is 0.621. The van der Waals surface area contributed by atoms with Crippen LogP contribution in [0.25, 0.3) is 10.8 Å². The number of fused-ring (bicyclic) bond motifs is 1. The molecule has 23 heavy (non-hydrogen) atoms. The van der Waals surface area contributed by atoms with Crippen LogP contribution in [0.15, 0.2) is 60.9 Å². The molecular weight excluding hydrogens is 303 g/mol. The van der Waals surface area contributed by atoms with Gasteiger partial charge in [0, 0.05) is 17.8 Å². The number of phenolic OH excluding ortho intramolecular Hbond substituents is 1. The average molecular weight is 319 g/mol. The van der Waals surface area contributed by atoms with Crippen molar-refractivity contribution in [2.75, 3.05) is 0 Å². The van der Waals surface area contributed by atoms with E-state index in [1.54, 1.807) is 0 Å². The molecule has 1 heterocycles. The lowest BCUT2D eigenvalue weighted by Gasteiger charge is -2.04. The van der Waals surface area contributed by atoms with Gasteiger partial charge in [-0.25, -0.2) is 0 Å². The summed E-state index contributed by atoms with van der Waals surface area (Å²) in [4.78, 5) is 4.12. The third kappa shape index (κ3) is 4.45. The average Bonchev–Trinajstić information content (AvgIpc) is 2.54. The molecule has 0 spiro atoms.